The lowest BCUT2D eigenvalue weighted by molar-refractivity contribution is 0.178. The lowest BCUT2D eigenvalue weighted by Crippen LogP contribution is -2.28. The van der Waals surface area contributed by atoms with Gasteiger partial charge in [0.1, 0.15) is 0 Å². The van der Waals surface area contributed by atoms with E-state index in [2.05, 4.69) is 59.2 Å². The fourth-order valence-electron chi connectivity index (χ4n) is 3.78. The van der Waals surface area contributed by atoms with Gasteiger partial charge in [-0.3, -0.25) is 4.90 Å². The first kappa shape index (κ1) is 15.5. The molecule has 0 fully saturated rings. The molecule has 3 aromatic rings. The molecule has 124 valence electrons. The van der Waals surface area contributed by atoms with E-state index in [0.717, 1.165) is 24.2 Å². The zero-order chi connectivity index (χ0) is 16.8. The van der Waals surface area contributed by atoms with Gasteiger partial charge in [0.05, 0.1) is 6.67 Å². The van der Waals surface area contributed by atoms with E-state index in [1.54, 1.807) is 0 Å². The predicted octanol–water partition coefficient (Wildman–Crippen LogP) is 3.45. The molecule has 0 spiro atoms. The molecule has 5 nitrogen and oxygen atoms in total. The molecule has 1 aliphatic rings. The SMILES string of the molecule is Cc1cc(C)n2c(n1)nc(=S)n2CN(C)C1CCc2ccccc21. The smallest absolute Gasteiger partial charge is 0.252 e. The van der Waals surface area contributed by atoms with E-state index >= 15 is 0 Å². The first-order chi connectivity index (χ1) is 11.5. The third-order valence-corrected chi connectivity index (χ3v) is 5.17. The number of hydrogen-bond donors (Lipinski definition) is 0. The molecule has 0 aliphatic heterocycles. The summed E-state index contributed by atoms with van der Waals surface area (Å²) in [4.78, 5) is 11.3. The molecule has 24 heavy (non-hydrogen) atoms. The van der Waals surface area contributed by atoms with Crippen LogP contribution < -0.4 is 0 Å². The van der Waals surface area contributed by atoms with Gasteiger partial charge in [-0.15, -0.1) is 0 Å². The van der Waals surface area contributed by atoms with Crippen molar-refractivity contribution in [3.8, 4) is 0 Å². The molecular weight excluding hydrogens is 318 g/mol. The van der Waals surface area contributed by atoms with Crippen LogP contribution in [0, 0.1) is 18.6 Å². The fraction of sp³-hybridized carbons (Fsp3) is 0.389. The number of aromatic nitrogens is 4. The van der Waals surface area contributed by atoms with E-state index in [9.17, 15) is 0 Å². The largest absolute Gasteiger partial charge is 0.280 e. The zero-order valence-electron chi connectivity index (χ0n) is 14.2. The van der Waals surface area contributed by atoms with Gasteiger partial charge in [-0.1, -0.05) is 24.3 Å². The van der Waals surface area contributed by atoms with Crippen LogP contribution in [0.25, 0.3) is 5.78 Å². The number of aryl methyl sites for hydroxylation is 3. The maximum absolute atomic E-state index is 5.49. The molecule has 0 bridgehead atoms. The molecule has 0 N–H and O–H groups in total. The van der Waals surface area contributed by atoms with Crippen LogP contribution >= 0.6 is 12.2 Å². The average Bonchev–Trinajstić information content (AvgIpc) is 3.09. The molecule has 1 aliphatic carbocycles. The van der Waals surface area contributed by atoms with Gasteiger partial charge in [0, 0.05) is 17.4 Å². The summed E-state index contributed by atoms with van der Waals surface area (Å²) in [7, 11) is 2.16. The van der Waals surface area contributed by atoms with Crippen molar-refractivity contribution in [1.29, 1.82) is 0 Å². The van der Waals surface area contributed by atoms with Gasteiger partial charge in [-0.05, 0) is 63.1 Å². The highest BCUT2D eigenvalue weighted by Crippen LogP contribution is 2.34. The Morgan fingerprint density at radius 1 is 1.25 bits per heavy atom. The molecule has 0 saturated carbocycles. The lowest BCUT2D eigenvalue weighted by Gasteiger charge is -2.26. The molecule has 0 amide bonds. The fourth-order valence-corrected chi connectivity index (χ4v) is 4.01. The van der Waals surface area contributed by atoms with Crippen LogP contribution in [0.4, 0.5) is 0 Å². The second kappa shape index (κ2) is 5.79. The highest BCUT2D eigenvalue weighted by atomic mass is 32.1. The third kappa shape index (κ3) is 2.46. The Kier molecular flexibility index (Phi) is 3.73. The van der Waals surface area contributed by atoms with E-state index in [1.165, 1.54) is 11.1 Å². The average molecular weight is 339 g/mol. The molecular formula is C18H21N5S. The van der Waals surface area contributed by atoms with E-state index in [0.29, 0.717) is 23.3 Å². The number of nitrogens with zero attached hydrogens (tertiary/aromatic N) is 5. The summed E-state index contributed by atoms with van der Waals surface area (Å²) in [5, 5.41) is 0. The number of rotatable bonds is 3. The Balaban J connectivity index is 1.70. The molecule has 4 rings (SSSR count). The van der Waals surface area contributed by atoms with E-state index in [1.807, 2.05) is 16.1 Å². The summed E-state index contributed by atoms with van der Waals surface area (Å²) in [6.45, 7) is 4.75. The third-order valence-electron chi connectivity index (χ3n) is 4.87. The molecule has 6 heteroatoms. The molecule has 0 radical (unpaired) electrons. The summed E-state index contributed by atoms with van der Waals surface area (Å²) in [5.41, 5.74) is 4.96. The minimum absolute atomic E-state index is 0.423. The van der Waals surface area contributed by atoms with Crippen molar-refractivity contribution in [2.45, 2.75) is 39.4 Å². The standard InChI is InChI=1S/C18H21N5S/c1-12-10-13(2)23-17(19-12)20-18(24)22(23)11-21(3)16-9-8-14-6-4-5-7-15(14)16/h4-7,10,16H,8-9,11H2,1-3H3. The number of hydrogen-bond acceptors (Lipinski definition) is 4. The minimum Gasteiger partial charge on any atom is -0.280 e. The molecule has 0 saturated heterocycles. The second-order valence-electron chi connectivity index (χ2n) is 6.60. The van der Waals surface area contributed by atoms with E-state index in [-0.39, 0.29) is 0 Å². The first-order valence-electron chi connectivity index (χ1n) is 8.26. The van der Waals surface area contributed by atoms with Crippen LogP contribution in [-0.4, -0.2) is 31.1 Å². The van der Waals surface area contributed by atoms with Crippen molar-refractivity contribution < 1.29 is 0 Å². The second-order valence-corrected chi connectivity index (χ2v) is 6.96. The highest BCUT2D eigenvalue weighted by molar-refractivity contribution is 7.71. The Morgan fingerprint density at radius 3 is 2.88 bits per heavy atom. The van der Waals surface area contributed by atoms with Gasteiger partial charge in [0.25, 0.3) is 5.78 Å². The molecule has 2 heterocycles. The first-order valence-corrected chi connectivity index (χ1v) is 8.67. The summed E-state index contributed by atoms with van der Waals surface area (Å²) in [6.07, 6.45) is 2.29. The topological polar surface area (TPSA) is 38.4 Å². The van der Waals surface area contributed by atoms with E-state index in [4.69, 9.17) is 12.2 Å². The molecule has 1 unspecified atom stereocenters. The highest BCUT2D eigenvalue weighted by Gasteiger charge is 2.26. The number of fused-ring (bicyclic) bond motifs is 2. The summed E-state index contributed by atoms with van der Waals surface area (Å²) < 4.78 is 4.63. The van der Waals surface area contributed by atoms with Crippen molar-refractivity contribution in [1.82, 2.24) is 24.1 Å². The lowest BCUT2D eigenvalue weighted by atomic mass is 10.1. The quantitative estimate of drug-likeness (QED) is 0.685. The van der Waals surface area contributed by atoms with Crippen LogP contribution in [0.5, 0.6) is 0 Å². The molecule has 1 atom stereocenters. The maximum atomic E-state index is 5.49. The normalized spacial score (nSPS) is 16.9. The van der Waals surface area contributed by atoms with Crippen LogP contribution in [-0.2, 0) is 13.1 Å². The van der Waals surface area contributed by atoms with Crippen LogP contribution in [0.1, 0.15) is 35.0 Å². The van der Waals surface area contributed by atoms with Gasteiger partial charge in [-0.2, -0.15) is 4.98 Å². The van der Waals surface area contributed by atoms with Crippen molar-refractivity contribution in [3.63, 3.8) is 0 Å². The van der Waals surface area contributed by atoms with Crippen LogP contribution in [0.2, 0.25) is 0 Å². The Labute approximate surface area is 146 Å². The van der Waals surface area contributed by atoms with Gasteiger partial charge in [-0.25, -0.2) is 14.2 Å². The van der Waals surface area contributed by atoms with Crippen molar-refractivity contribution >= 4 is 18.0 Å². The van der Waals surface area contributed by atoms with Gasteiger partial charge < -0.3 is 0 Å². The van der Waals surface area contributed by atoms with E-state index < -0.39 is 0 Å². The Morgan fingerprint density at radius 2 is 2.04 bits per heavy atom. The Bertz CT molecular complexity index is 971. The van der Waals surface area contributed by atoms with Crippen molar-refractivity contribution in [3.05, 3.63) is 57.6 Å². The summed E-state index contributed by atoms with van der Waals surface area (Å²) >= 11 is 5.49. The minimum atomic E-state index is 0.423. The van der Waals surface area contributed by atoms with Gasteiger partial charge in [0.15, 0.2) is 0 Å². The maximum Gasteiger partial charge on any atom is 0.252 e. The van der Waals surface area contributed by atoms with Crippen LogP contribution in [0.15, 0.2) is 30.3 Å². The predicted molar refractivity (Wildman–Crippen MR) is 96.6 cm³/mol. The van der Waals surface area contributed by atoms with Crippen molar-refractivity contribution in [2.24, 2.45) is 0 Å². The zero-order valence-corrected chi connectivity index (χ0v) is 15.0. The number of benzene rings is 1. The molecule has 2 aromatic heterocycles. The summed E-state index contributed by atoms with van der Waals surface area (Å²) in [5.74, 6) is 0.678. The monoisotopic (exact) mass is 339 g/mol. The Hall–Kier alpha value is -2.05. The molecule has 1 aromatic carbocycles. The van der Waals surface area contributed by atoms with Gasteiger partial charge in [0.2, 0.25) is 4.77 Å². The van der Waals surface area contributed by atoms with Crippen molar-refractivity contribution in [2.75, 3.05) is 7.05 Å². The van der Waals surface area contributed by atoms with Gasteiger partial charge >= 0.3 is 0 Å². The summed E-state index contributed by atoms with van der Waals surface area (Å²) in [6, 6.07) is 11.2. The van der Waals surface area contributed by atoms with Crippen LogP contribution in [0.3, 0.4) is 0 Å².